The van der Waals surface area contributed by atoms with Crippen LogP contribution < -0.4 is 20.0 Å². The molecule has 6 heteroatoms. The van der Waals surface area contributed by atoms with Crippen LogP contribution >= 0.6 is 0 Å². The number of hydrogen-bond acceptors (Lipinski definition) is 6. The zero-order valence-corrected chi connectivity index (χ0v) is 18.0. The topological polar surface area (TPSA) is 69.0 Å². The van der Waals surface area contributed by atoms with Crippen molar-refractivity contribution in [2.45, 2.75) is 33.6 Å². The van der Waals surface area contributed by atoms with Crippen molar-refractivity contribution in [1.82, 2.24) is 0 Å². The molecule has 0 aliphatic heterocycles. The van der Waals surface area contributed by atoms with Gasteiger partial charge in [0, 0.05) is 36.7 Å². The van der Waals surface area contributed by atoms with E-state index in [1.807, 2.05) is 36.2 Å². The van der Waals surface area contributed by atoms with Gasteiger partial charge in [0.2, 0.25) is 0 Å². The normalized spacial score (nSPS) is 11.4. The number of carbonyl (C=O) groups excluding carboxylic acids is 1. The molecular weight excluding hydrogens is 382 g/mol. The van der Waals surface area contributed by atoms with E-state index in [0.717, 1.165) is 17.5 Å². The lowest BCUT2D eigenvalue weighted by atomic mass is 9.91. The molecule has 0 atom stereocenters. The van der Waals surface area contributed by atoms with E-state index in [-0.39, 0.29) is 11.4 Å². The van der Waals surface area contributed by atoms with Gasteiger partial charge in [0.15, 0.2) is 11.5 Å². The lowest BCUT2D eigenvalue weighted by molar-refractivity contribution is -0.135. The number of esters is 1. The molecule has 1 heterocycles. The molecule has 0 aliphatic rings. The van der Waals surface area contributed by atoms with Crippen LogP contribution in [0.5, 0.6) is 11.5 Å². The lowest BCUT2D eigenvalue weighted by Crippen LogP contribution is -2.15. The van der Waals surface area contributed by atoms with Crippen molar-refractivity contribution < 1.29 is 18.7 Å². The van der Waals surface area contributed by atoms with Crippen LogP contribution in [0, 0.1) is 5.41 Å². The summed E-state index contributed by atoms with van der Waals surface area (Å²) >= 11 is 0. The minimum absolute atomic E-state index is 0.0423. The van der Waals surface area contributed by atoms with E-state index in [1.165, 1.54) is 13.2 Å². The van der Waals surface area contributed by atoms with Gasteiger partial charge in [-0.25, -0.2) is 4.79 Å². The molecule has 0 aliphatic carbocycles. The summed E-state index contributed by atoms with van der Waals surface area (Å²) in [5.74, 6) is 0.496. The van der Waals surface area contributed by atoms with E-state index in [1.54, 1.807) is 18.2 Å². The summed E-state index contributed by atoms with van der Waals surface area (Å²) in [4.78, 5) is 26.2. The average molecular weight is 409 g/mol. The number of anilines is 2. The molecule has 2 aromatic carbocycles. The van der Waals surface area contributed by atoms with Crippen LogP contribution in [0.15, 0.2) is 57.7 Å². The second-order valence-electron chi connectivity index (χ2n) is 8.38. The molecule has 0 fully saturated rings. The Bertz CT molecular complexity index is 1110. The van der Waals surface area contributed by atoms with Crippen molar-refractivity contribution in [3.05, 3.63) is 59.0 Å². The van der Waals surface area contributed by atoms with Crippen LogP contribution in [0.4, 0.5) is 11.4 Å². The number of hydrogen-bond donors (Lipinski definition) is 0. The maximum Gasteiger partial charge on any atom is 0.338 e. The van der Waals surface area contributed by atoms with Gasteiger partial charge in [0.05, 0.1) is 12.8 Å². The summed E-state index contributed by atoms with van der Waals surface area (Å²) in [6, 6.07) is 14.1. The van der Waals surface area contributed by atoms with Crippen LogP contribution in [0.25, 0.3) is 11.0 Å². The van der Waals surface area contributed by atoms with Crippen LogP contribution in [0.2, 0.25) is 0 Å². The third-order valence-electron chi connectivity index (χ3n) is 4.83. The molecule has 3 aromatic rings. The number of rotatable bonds is 6. The van der Waals surface area contributed by atoms with Gasteiger partial charge < -0.3 is 18.8 Å². The van der Waals surface area contributed by atoms with E-state index >= 15 is 0 Å². The highest BCUT2D eigenvalue weighted by Crippen LogP contribution is 2.36. The Balaban J connectivity index is 1.93. The standard InChI is InChI=1S/C24H27NO5/c1-24(2,3)13-12-22(26)30-21-14-16(10-11-20(21)28-5)25(4)18-15-23(27)29-19-9-7-6-8-17(18)19/h6-11,14-15H,12-13H2,1-5H3. The second-order valence-corrected chi connectivity index (χ2v) is 8.38. The number of fused-ring (bicyclic) bond motifs is 1. The number of methoxy groups -OCH3 is 1. The predicted octanol–water partition coefficient (Wildman–Crippen LogP) is 5.30. The quantitative estimate of drug-likeness (QED) is 0.313. The first-order valence-corrected chi connectivity index (χ1v) is 9.83. The Morgan fingerprint density at radius 1 is 1.07 bits per heavy atom. The van der Waals surface area contributed by atoms with Gasteiger partial charge in [-0.15, -0.1) is 0 Å². The zero-order valence-electron chi connectivity index (χ0n) is 18.0. The van der Waals surface area contributed by atoms with Crippen LogP contribution in [-0.4, -0.2) is 20.1 Å². The van der Waals surface area contributed by atoms with E-state index < -0.39 is 5.63 Å². The third kappa shape index (κ3) is 5.00. The fourth-order valence-corrected chi connectivity index (χ4v) is 3.12. The molecule has 0 amide bonds. The first-order chi connectivity index (χ1) is 14.2. The van der Waals surface area contributed by atoms with Crippen molar-refractivity contribution in [2.24, 2.45) is 5.41 Å². The monoisotopic (exact) mass is 409 g/mol. The molecule has 0 radical (unpaired) electrons. The molecule has 30 heavy (non-hydrogen) atoms. The molecule has 0 spiro atoms. The van der Waals surface area contributed by atoms with Gasteiger partial charge in [-0.3, -0.25) is 4.79 Å². The van der Waals surface area contributed by atoms with Crippen molar-refractivity contribution in [1.29, 1.82) is 0 Å². The number of carbonyl (C=O) groups is 1. The Hall–Kier alpha value is -3.28. The van der Waals surface area contributed by atoms with E-state index in [9.17, 15) is 9.59 Å². The number of ether oxygens (including phenoxy) is 2. The number of para-hydroxylation sites is 1. The first-order valence-electron chi connectivity index (χ1n) is 9.83. The first kappa shape index (κ1) is 21.4. The number of benzene rings is 2. The zero-order chi connectivity index (χ0) is 21.9. The summed E-state index contributed by atoms with van der Waals surface area (Å²) in [6.45, 7) is 6.24. The Kier molecular flexibility index (Phi) is 6.15. The van der Waals surface area contributed by atoms with Crippen molar-refractivity contribution in [2.75, 3.05) is 19.1 Å². The minimum atomic E-state index is -0.433. The number of nitrogens with zero attached hydrogens (tertiary/aromatic N) is 1. The molecule has 6 nitrogen and oxygen atoms in total. The van der Waals surface area contributed by atoms with Gasteiger partial charge in [-0.1, -0.05) is 32.9 Å². The largest absolute Gasteiger partial charge is 0.493 e. The molecule has 158 valence electrons. The minimum Gasteiger partial charge on any atom is -0.493 e. The molecule has 0 N–H and O–H groups in total. The maximum absolute atomic E-state index is 12.4. The Morgan fingerprint density at radius 2 is 1.80 bits per heavy atom. The van der Waals surface area contributed by atoms with Crippen LogP contribution in [-0.2, 0) is 4.79 Å². The highest BCUT2D eigenvalue weighted by molar-refractivity contribution is 5.92. The highest BCUT2D eigenvalue weighted by atomic mass is 16.6. The molecule has 1 aromatic heterocycles. The fourth-order valence-electron chi connectivity index (χ4n) is 3.12. The van der Waals surface area contributed by atoms with Gasteiger partial charge >= 0.3 is 11.6 Å². The van der Waals surface area contributed by atoms with Gasteiger partial charge in [0.25, 0.3) is 0 Å². The summed E-state index contributed by atoms with van der Waals surface area (Å²) in [6.07, 6.45) is 1.04. The van der Waals surface area contributed by atoms with Gasteiger partial charge in [-0.05, 0) is 36.1 Å². The second kappa shape index (κ2) is 8.61. The molecular formula is C24H27NO5. The molecule has 0 unspecified atom stereocenters. The van der Waals surface area contributed by atoms with Gasteiger partial charge in [0.1, 0.15) is 5.58 Å². The van der Waals surface area contributed by atoms with Crippen molar-refractivity contribution in [3.63, 3.8) is 0 Å². The molecule has 0 saturated heterocycles. The van der Waals surface area contributed by atoms with Crippen molar-refractivity contribution >= 4 is 28.3 Å². The maximum atomic E-state index is 12.4. The molecule has 3 rings (SSSR count). The third-order valence-corrected chi connectivity index (χ3v) is 4.83. The molecule has 0 saturated carbocycles. The Labute approximate surface area is 176 Å². The Morgan fingerprint density at radius 3 is 2.50 bits per heavy atom. The lowest BCUT2D eigenvalue weighted by Gasteiger charge is -2.22. The highest BCUT2D eigenvalue weighted by Gasteiger charge is 2.18. The summed E-state index contributed by atoms with van der Waals surface area (Å²) in [5, 5.41) is 0.805. The van der Waals surface area contributed by atoms with Crippen LogP contribution in [0.1, 0.15) is 33.6 Å². The summed E-state index contributed by atoms with van der Waals surface area (Å²) < 4.78 is 16.2. The smallest absolute Gasteiger partial charge is 0.338 e. The predicted molar refractivity (Wildman–Crippen MR) is 118 cm³/mol. The average Bonchev–Trinajstić information content (AvgIpc) is 2.70. The SMILES string of the molecule is COc1ccc(N(C)c2cc(=O)oc3ccccc23)cc1OC(=O)CCC(C)(C)C. The van der Waals surface area contributed by atoms with E-state index in [4.69, 9.17) is 13.9 Å². The van der Waals surface area contributed by atoms with E-state index in [0.29, 0.717) is 29.2 Å². The summed E-state index contributed by atoms with van der Waals surface area (Å²) in [7, 11) is 3.37. The summed E-state index contributed by atoms with van der Waals surface area (Å²) in [5.41, 5.74) is 1.55. The molecule has 0 bridgehead atoms. The van der Waals surface area contributed by atoms with Crippen molar-refractivity contribution in [3.8, 4) is 11.5 Å². The fraction of sp³-hybridized carbons (Fsp3) is 0.333. The van der Waals surface area contributed by atoms with E-state index in [2.05, 4.69) is 20.8 Å². The van der Waals surface area contributed by atoms with Crippen LogP contribution in [0.3, 0.4) is 0 Å². The van der Waals surface area contributed by atoms with Gasteiger partial charge in [-0.2, -0.15) is 0 Å².